The fraction of sp³-hybridized carbons (Fsp3) is 0.242. The number of hydrogen-bond acceptors (Lipinski definition) is 9. The van der Waals surface area contributed by atoms with Gasteiger partial charge in [-0.1, -0.05) is 35.9 Å². The molecule has 1 saturated heterocycles. The molecule has 1 amide bonds. The number of carbonyl (C=O) groups is 1. The maximum absolute atomic E-state index is 14.5. The van der Waals surface area contributed by atoms with Gasteiger partial charge in [-0.05, 0) is 60.9 Å². The lowest BCUT2D eigenvalue weighted by molar-refractivity contribution is 0.0780. The Bertz CT molecular complexity index is 2050. The summed E-state index contributed by atoms with van der Waals surface area (Å²) in [6.07, 6.45) is 1.31. The van der Waals surface area contributed by atoms with Crippen molar-refractivity contribution in [3.63, 3.8) is 0 Å². The Morgan fingerprint density at radius 3 is 2.54 bits per heavy atom. The van der Waals surface area contributed by atoms with Crippen molar-refractivity contribution in [2.45, 2.75) is 25.4 Å². The van der Waals surface area contributed by atoms with E-state index in [1.165, 1.54) is 22.8 Å². The topological polar surface area (TPSA) is 123 Å². The molecule has 2 aliphatic heterocycles. The minimum absolute atomic E-state index is 0.0113. The van der Waals surface area contributed by atoms with E-state index in [4.69, 9.17) is 27.1 Å². The van der Waals surface area contributed by atoms with Gasteiger partial charge in [-0.3, -0.25) is 14.2 Å². The summed E-state index contributed by atoms with van der Waals surface area (Å²) in [5.74, 6) is 1.16. The fourth-order valence-electron chi connectivity index (χ4n) is 6.32. The van der Waals surface area contributed by atoms with Gasteiger partial charge in [0.2, 0.25) is 5.95 Å². The molecule has 4 heterocycles. The molecule has 5 aromatic rings. The van der Waals surface area contributed by atoms with Gasteiger partial charge in [0, 0.05) is 20.1 Å². The average Bonchev–Trinajstić information content (AvgIpc) is 3.53. The van der Waals surface area contributed by atoms with Gasteiger partial charge in [0.15, 0.2) is 5.82 Å². The molecule has 7 rings (SSSR count). The molecule has 0 bridgehead atoms. The van der Waals surface area contributed by atoms with Crippen molar-refractivity contribution < 1.29 is 13.9 Å². The van der Waals surface area contributed by atoms with Crippen LogP contribution in [0.2, 0.25) is 5.02 Å². The van der Waals surface area contributed by atoms with Crippen LogP contribution in [-0.2, 0) is 6.54 Å². The number of nitrogens with two attached hydrogens (primary N) is 1. The Morgan fingerprint density at radius 1 is 1.02 bits per heavy atom. The van der Waals surface area contributed by atoms with Crippen LogP contribution in [0.25, 0.3) is 16.6 Å². The number of rotatable bonds is 6. The number of benzene rings is 3. The van der Waals surface area contributed by atoms with Crippen molar-refractivity contribution in [3.8, 4) is 11.4 Å². The molecule has 46 heavy (non-hydrogen) atoms. The number of amides is 1. The van der Waals surface area contributed by atoms with Crippen LogP contribution >= 0.6 is 11.6 Å². The molecule has 1 atom stereocenters. The van der Waals surface area contributed by atoms with E-state index in [-0.39, 0.29) is 22.3 Å². The third-order valence-corrected chi connectivity index (χ3v) is 8.74. The van der Waals surface area contributed by atoms with Crippen molar-refractivity contribution in [1.29, 1.82) is 0 Å². The van der Waals surface area contributed by atoms with Crippen LogP contribution in [0.4, 0.5) is 22.0 Å². The molecule has 1 unspecified atom stereocenters. The summed E-state index contributed by atoms with van der Waals surface area (Å²) < 4.78 is 21.2. The van der Waals surface area contributed by atoms with E-state index in [0.29, 0.717) is 60.4 Å². The van der Waals surface area contributed by atoms with Gasteiger partial charge >= 0.3 is 0 Å². The molecular weight excluding hydrogens is 611 g/mol. The predicted octanol–water partition coefficient (Wildman–Crippen LogP) is 4.95. The number of ether oxygens (including phenoxy) is 1. The predicted molar refractivity (Wildman–Crippen MR) is 174 cm³/mol. The lowest BCUT2D eigenvalue weighted by Gasteiger charge is -2.38. The standard InChI is InChI=1S/C33H30ClFN8O3/c1-40-18-41(17-19-11-13-22(46-2)14-12-19)29-27(31(40)44)30(39-33(36)38-29)42-15-5-10-25(42)28-37-24-9-4-8-23(34)26(24)32(45)43(28)21-7-3-6-20(35)16-21/h3-4,6-9,11-14,16,25H,5,10,15,17-18H2,1-2H3,(H2,36,38,39). The normalized spacial score (nSPS) is 16.3. The molecular formula is C33H30ClFN8O3. The van der Waals surface area contributed by atoms with E-state index < -0.39 is 17.4 Å². The minimum Gasteiger partial charge on any atom is -0.497 e. The SMILES string of the molecule is COc1ccc(CN2CN(C)C(=O)c3c2nc(N)nc3N2CCCC2c2nc3cccc(Cl)c3c(=O)n2-c2cccc(F)c2)cc1. The number of nitrogens with zero attached hydrogens (tertiary/aromatic N) is 7. The number of hydrogen-bond donors (Lipinski definition) is 1. The van der Waals surface area contributed by atoms with E-state index in [9.17, 15) is 14.0 Å². The number of methoxy groups -OCH3 is 1. The first-order valence-electron chi connectivity index (χ1n) is 14.8. The lowest BCUT2D eigenvalue weighted by Crippen LogP contribution is -2.46. The summed E-state index contributed by atoms with van der Waals surface area (Å²) in [7, 11) is 3.34. The van der Waals surface area contributed by atoms with Crippen molar-refractivity contribution in [2.24, 2.45) is 0 Å². The molecule has 234 valence electrons. The summed E-state index contributed by atoms with van der Waals surface area (Å²) in [6, 6.07) is 18.0. The summed E-state index contributed by atoms with van der Waals surface area (Å²) in [4.78, 5) is 47.6. The zero-order valence-corrected chi connectivity index (χ0v) is 25.9. The van der Waals surface area contributed by atoms with E-state index in [2.05, 4.69) is 9.97 Å². The largest absolute Gasteiger partial charge is 0.497 e. The Kier molecular flexibility index (Phi) is 7.44. The molecule has 3 aromatic carbocycles. The maximum atomic E-state index is 14.5. The second kappa shape index (κ2) is 11.6. The third-order valence-electron chi connectivity index (χ3n) is 8.43. The monoisotopic (exact) mass is 640 g/mol. The molecule has 11 nitrogen and oxygen atoms in total. The van der Waals surface area contributed by atoms with E-state index in [1.807, 2.05) is 34.1 Å². The summed E-state index contributed by atoms with van der Waals surface area (Å²) in [5.41, 5.74) is 7.92. The number of carbonyl (C=O) groups excluding carboxylic acids is 1. The van der Waals surface area contributed by atoms with Crippen LogP contribution in [0.15, 0.2) is 71.5 Å². The van der Waals surface area contributed by atoms with Crippen LogP contribution in [0.1, 0.15) is 40.6 Å². The van der Waals surface area contributed by atoms with Gasteiger partial charge in [-0.15, -0.1) is 0 Å². The smallest absolute Gasteiger partial charge is 0.267 e. The molecule has 0 saturated carbocycles. The number of aromatic nitrogens is 4. The van der Waals surface area contributed by atoms with Gasteiger partial charge in [0.05, 0.1) is 41.4 Å². The van der Waals surface area contributed by atoms with Gasteiger partial charge in [0.25, 0.3) is 11.5 Å². The van der Waals surface area contributed by atoms with Crippen molar-refractivity contribution in [3.05, 3.63) is 105 Å². The summed E-state index contributed by atoms with van der Waals surface area (Å²) in [5, 5.41) is 0.481. The summed E-state index contributed by atoms with van der Waals surface area (Å²) >= 11 is 6.48. The molecule has 2 N–H and O–H groups in total. The Labute approximate surface area is 268 Å². The van der Waals surface area contributed by atoms with Crippen LogP contribution in [-0.4, -0.2) is 57.7 Å². The van der Waals surface area contributed by atoms with Crippen LogP contribution < -0.4 is 25.8 Å². The van der Waals surface area contributed by atoms with Crippen molar-refractivity contribution >= 4 is 46.0 Å². The van der Waals surface area contributed by atoms with Crippen LogP contribution in [0.3, 0.4) is 0 Å². The first-order valence-corrected chi connectivity index (χ1v) is 15.2. The second-order valence-electron chi connectivity index (χ2n) is 11.4. The zero-order valence-electron chi connectivity index (χ0n) is 25.2. The number of fused-ring (bicyclic) bond motifs is 2. The highest BCUT2D eigenvalue weighted by atomic mass is 35.5. The van der Waals surface area contributed by atoms with Crippen molar-refractivity contribution in [1.82, 2.24) is 24.4 Å². The maximum Gasteiger partial charge on any atom is 0.267 e. The molecule has 0 radical (unpaired) electrons. The Morgan fingerprint density at radius 2 is 1.78 bits per heavy atom. The minimum atomic E-state index is -0.507. The second-order valence-corrected chi connectivity index (χ2v) is 11.8. The number of halogens is 2. The van der Waals surface area contributed by atoms with Crippen LogP contribution in [0.5, 0.6) is 5.75 Å². The molecule has 13 heteroatoms. The lowest BCUT2D eigenvalue weighted by atomic mass is 10.1. The quantitative estimate of drug-likeness (QED) is 0.275. The zero-order chi connectivity index (χ0) is 32.1. The first kappa shape index (κ1) is 29.5. The molecule has 1 fully saturated rings. The van der Waals surface area contributed by atoms with Crippen LogP contribution in [0, 0.1) is 5.82 Å². The van der Waals surface area contributed by atoms with Gasteiger partial charge in [-0.25, -0.2) is 9.37 Å². The summed E-state index contributed by atoms with van der Waals surface area (Å²) in [6.45, 7) is 1.26. The van der Waals surface area contributed by atoms with Crippen molar-refractivity contribution in [2.75, 3.05) is 42.9 Å². The highest BCUT2D eigenvalue weighted by Gasteiger charge is 2.39. The highest BCUT2D eigenvalue weighted by molar-refractivity contribution is 6.35. The number of nitrogen functional groups attached to an aromatic ring is 1. The van der Waals surface area contributed by atoms with Gasteiger partial charge in [-0.2, -0.15) is 9.97 Å². The number of anilines is 3. The molecule has 0 spiro atoms. The Balaban J connectivity index is 1.38. The molecule has 2 aliphatic rings. The van der Waals surface area contributed by atoms with Gasteiger partial charge in [0.1, 0.15) is 28.8 Å². The average molecular weight is 641 g/mol. The van der Waals surface area contributed by atoms with E-state index in [1.54, 1.807) is 43.3 Å². The highest BCUT2D eigenvalue weighted by Crippen LogP contribution is 2.41. The fourth-order valence-corrected chi connectivity index (χ4v) is 6.57. The Hall–Kier alpha value is -5.23. The molecule has 0 aliphatic carbocycles. The van der Waals surface area contributed by atoms with E-state index in [0.717, 1.165) is 17.7 Å². The molecule has 2 aromatic heterocycles. The first-order chi connectivity index (χ1) is 22.2. The van der Waals surface area contributed by atoms with E-state index >= 15 is 0 Å². The van der Waals surface area contributed by atoms with Gasteiger partial charge < -0.3 is 25.2 Å². The third kappa shape index (κ3) is 5.04.